The Morgan fingerprint density at radius 3 is 2.42 bits per heavy atom. The van der Waals surface area contributed by atoms with Gasteiger partial charge in [-0.15, -0.1) is 0 Å². The van der Waals surface area contributed by atoms with Crippen LogP contribution < -0.4 is 5.32 Å². The number of carbonyl (C=O) groups excluding carboxylic acids is 2. The van der Waals surface area contributed by atoms with E-state index in [-0.39, 0.29) is 12.6 Å². The third kappa shape index (κ3) is 12.9. The van der Waals surface area contributed by atoms with E-state index in [4.69, 9.17) is 14.2 Å². The summed E-state index contributed by atoms with van der Waals surface area (Å²) in [5.74, 6) is -0.352. The predicted molar refractivity (Wildman–Crippen MR) is 70.9 cm³/mol. The second-order valence-corrected chi connectivity index (χ2v) is 4.99. The minimum absolute atomic E-state index is 0.0205. The SMILES string of the molecule is CCOC(=O)COCCCCNC(=O)OC(C)(C)C. The molecule has 112 valence electrons. The third-order valence-electron chi connectivity index (χ3n) is 1.91. The van der Waals surface area contributed by atoms with Crippen LogP contribution in [0.5, 0.6) is 0 Å². The van der Waals surface area contributed by atoms with E-state index in [0.29, 0.717) is 19.8 Å². The Balaban J connectivity index is 3.36. The summed E-state index contributed by atoms with van der Waals surface area (Å²) in [6, 6.07) is 0. The standard InChI is InChI=1S/C13H25NO5/c1-5-18-11(15)10-17-9-7-6-8-14-12(16)19-13(2,3)4/h5-10H2,1-4H3,(H,14,16). The maximum absolute atomic E-state index is 11.3. The molecule has 0 aliphatic heterocycles. The van der Waals surface area contributed by atoms with E-state index in [9.17, 15) is 9.59 Å². The summed E-state index contributed by atoms with van der Waals surface area (Å²) in [5, 5.41) is 2.65. The molecule has 0 aliphatic carbocycles. The highest BCUT2D eigenvalue weighted by Crippen LogP contribution is 2.06. The fourth-order valence-electron chi connectivity index (χ4n) is 1.19. The first-order chi connectivity index (χ1) is 8.85. The molecule has 0 atom stereocenters. The third-order valence-corrected chi connectivity index (χ3v) is 1.91. The van der Waals surface area contributed by atoms with E-state index in [1.165, 1.54) is 0 Å². The molecule has 0 unspecified atom stereocenters. The van der Waals surface area contributed by atoms with Gasteiger partial charge in [0.25, 0.3) is 0 Å². The maximum Gasteiger partial charge on any atom is 0.407 e. The lowest BCUT2D eigenvalue weighted by molar-refractivity contribution is -0.148. The summed E-state index contributed by atoms with van der Waals surface area (Å²) >= 11 is 0. The molecule has 1 amide bonds. The number of nitrogens with one attached hydrogen (secondary N) is 1. The number of ether oxygens (including phenoxy) is 3. The molecule has 0 fully saturated rings. The van der Waals surface area contributed by atoms with E-state index < -0.39 is 11.7 Å². The molecule has 0 aromatic heterocycles. The van der Waals surface area contributed by atoms with Crippen molar-refractivity contribution in [1.29, 1.82) is 0 Å². The van der Waals surface area contributed by atoms with Gasteiger partial charge in [0, 0.05) is 13.2 Å². The first kappa shape index (κ1) is 17.7. The summed E-state index contributed by atoms with van der Waals surface area (Å²) in [4.78, 5) is 22.2. The molecule has 0 saturated carbocycles. The summed E-state index contributed by atoms with van der Waals surface area (Å²) in [6.07, 6.45) is 1.11. The van der Waals surface area contributed by atoms with E-state index in [1.54, 1.807) is 6.92 Å². The number of hydrogen-bond donors (Lipinski definition) is 1. The van der Waals surface area contributed by atoms with Gasteiger partial charge in [-0.25, -0.2) is 9.59 Å². The number of alkyl carbamates (subject to hydrolysis) is 1. The minimum atomic E-state index is -0.479. The van der Waals surface area contributed by atoms with Crippen LogP contribution in [0.15, 0.2) is 0 Å². The first-order valence-corrected chi connectivity index (χ1v) is 6.55. The Hall–Kier alpha value is -1.30. The average molecular weight is 275 g/mol. The minimum Gasteiger partial charge on any atom is -0.464 e. The lowest BCUT2D eigenvalue weighted by atomic mass is 10.2. The van der Waals surface area contributed by atoms with Crippen molar-refractivity contribution in [3.63, 3.8) is 0 Å². The Bertz CT molecular complexity index is 273. The number of rotatable bonds is 8. The molecule has 0 rings (SSSR count). The lowest BCUT2D eigenvalue weighted by Crippen LogP contribution is -2.33. The van der Waals surface area contributed by atoms with Crippen LogP contribution in [0.4, 0.5) is 4.79 Å². The monoisotopic (exact) mass is 275 g/mol. The molecule has 0 heterocycles. The Morgan fingerprint density at radius 2 is 1.84 bits per heavy atom. The van der Waals surface area contributed by atoms with E-state index >= 15 is 0 Å². The molecular formula is C13H25NO5. The smallest absolute Gasteiger partial charge is 0.407 e. The van der Waals surface area contributed by atoms with Crippen LogP contribution in [-0.2, 0) is 19.0 Å². The molecule has 6 nitrogen and oxygen atoms in total. The topological polar surface area (TPSA) is 73.9 Å². The maximum atomic E-state index is 11.3. The summed E-state index contributed by atoms with van der Waals surface area (Å²) in [7, 11) is 0. The largest absolute Gasteiger partial charge is 0.464 e. The molecule has 1 N–H and O–H groups in total. The summed E-state index contributed by atoms with van der Waals surface area (Å²) in [6.45, 7) is 8.53. The van der Waals surface area contributed by atoms with Crippen LogP contribution in [-0.4, -0.2) is 44.0 Å². The van der Waals surface area contributed by atoms with Crippen LogP contribution in [0.1, 0.15) is 40.5 Å². The molecule has 0 aromatic carbocycles. The predicted octanol–water partition coefficient (Wildman–Crippen LogP) is 1.87. The van der Waals surface area contributed by atoms with E-state index in [0.717, 1.165) is 12.8 Å². The van der Waals surface area contributed by atoms with Gasteiger partial charge >= 0.3 is 12.1 Å². The number of esters is 1. The number of unbranched alkanes of at least 4 members (excludes halogenated alkanes) is 1. The van der Waals surface area contributed by atoms with Gasteiger partial charge in [-0.1, -0.05) is 0 Å². The molecule has 0 spiro atoms. The summed E-state index contributed by atoms with van der Waals surface area (Å²) in [5.41, 5.74) is -0.479. The Labute approximate surface area is 114 Å². The average Bonchev–Trinajstić information content (AvgIpc) is 2.25. The van der Waals surface area contributed by atoms with Crippen LogP contribution in [0, 0.1) is 0 Å². The van der Waals surface area contributed by atoms with Gasteiger partial charge in [0.05, 0.1) is 6.61 Å². The first-order valence-electron chi connectivity index (χ1n) is 6.55. The fourth-order valence-corrected chi connectivity index (χ4v) is 1.19. The molecule has 0 saturated heterocycles. The highest BCUT2D eigenvalue weighted by Gasteiger charge is 2.15. The van der Waals surface area contributed by atoms with Crippen LogP contribution in [0.3, 0.4) is 0 Å². The molecule has 19 heavy (non-hydrogen) atoms. The van der Waals surface area contributed by atoms with Crippen molar-refractivity contribution in [2.75, 3.05) is 26.4 Å². The highest BCUT2D eigenvalue weighted by atomic mass is 16.6. The zero-order valence-electron chi connectivity index (χ0n) is 12.3. The second-order valence-electron chi connectivity index (χ2n) is 4.99. The van der Waals surface area contributed by atoms with Crippen molar-refractivity contribution < 1.29 is 23.8 Å². The van der Waals surface area contributed by atoms with Crippen molar-refractivity contribution in [1.82, 2.24) is 5.32 Å². The highest BCUT2D eigenvalue weighted by molar-refractivity contribution is 5.70. The molecule has 0 aliphatic rings. The number of amides is 1. The zero-order chi connectivity index (χ0) is 14.7. The molecule has 0 radical (unpaired) electrons. The van der Waals surface area contributed by atoms with E-state index in [2.05, 4.69) is 5.32 Å². The lowest BCUT2D eigenvalue weighted by Gasteiger charge is -2.19. The Kier molecular flexibility index (Phi) is 8.95. The van der Waals surface area contributed by atoms with Crippen LogP contribution in [0.25, 0.3) is 0 Å². The molecular weight excluding hydrogens is 250 g/mol. The van der Waals surface area contributed by atoms with Gasteiger partial charge in [-0.3, -0.25) is 0 Å². The van der Waals surface area contributed by atoms with E-state index in [1.807, 2.05) is 20.8 Å². The Morgan fingerprint density at radius 1 is 1.16 bits per heavy atom. The number of hydrogen-bond acceptors (Lipinski definition) is 5. The van der Waals surface area contributed by atoms with Gasteiger partial charge in [0.15, 0.2) is 0 Å². The zero-order valence-corrected chi connectivity index (χ0v) is 12.3. The van der Waals surface area contributed by atoms with Gasteiger partial charge in [0.1, 0.15) is 12.2 Å². The number of carbonyl (C=O) groups is 2. The van der Waals surface area contributed by atoms with Crippen molar-refractivity contribution in [2.24, 2.45) is 0 Å². The van der Waals surface area contributed by atoms with Gasteiger partial charge in [-0.2, -0.15) is 0 Å². The second kappa shape index (κ2) is 9.61. The van der Waals surface area contributed by atoms with Crippen molar-refractivity contribution >= 4 is 12.1 Å². The van der Waals surface area contributed by atoms with Gasteiger partial charge in [0.2, 0.25) is 0 Å². The molecule has 0 bridgehead atoms. The van der Waals surface area contributed by atoms with Gasteiger partial charge in [-0.05, 0) is 40.5 Å². The van der Waals surface area contributed by atoms with Crippen molar-refractivity contribution in [3.05, 3.63) is 0 Å². The fraction of sp³-hybridized carbons (Fsp3) is 0.846. The summed E-state index contributed by atoms with van der Waals surface area (Å²) < 4.78 is 14.9. The van der Waals surface area contributed by atoms with Crippen LogP contribution in [0.2, 0.25) is 0 Å². The quantitative estimate of drug-likeness (QED) is 0.540. The van der Waals surface area contributed by atoms with Gasteiger partial charge < -0.3 is 19.5 Å². The normalized spacial score (nSPS) is 10.9. The van der Waals surface area contributed by atoms with Crippen molar-refractivity contribution in [3.8, 4) is 0 Å². The molecule has 0 aromatic rings. The van der Waals surface area contributed by atoms with Crippen molar-refractivity contribution in [2.45, 2.75) is 46.1 Å². The molecule has 6 heteroatoms. The van der Waals surface area contributed by atoms with Crippen LogP contribution >= 0.6 is 0 Å².